The molecule has 0 saturated carbocycles. The summed E-state index contributed by atoms with van der Waals surface area (Å²) in [5, 5.41) is 11.5. The second-order valence-corrected chi connectivity index (χ2v) is 17.1. The monoisotopic (exact) mass is 822 g/mol. The largest absolute Gasteiger partial charge is 0.456 e. The molecule has 6 nitrogen and oxygen atoms in total. The third kappa shape index (κ3) is 5.14. The van der Waals surface area contributed by atoms with Crippen molar-refractivity contribution in [1.82, 2.24) is 9.13 Å². The van der Waals surface area contributed by atoms with E-state index >= 15 is 0 Å². The van der Waals surface area contributed by atoms with Gasteiger partial charge >= 0.3 is 0 Å². The van der Waals surface area contributed by atoms with E-state index < -0.39 is 0 Å². The number of amidine groups is 1. The molecule has 6 heteroatoms. The average molecular weight is 823 g/mol. The Morgan fingerprint density at radius 2 is 1.06 bits per heavy atom. The maximum absolute atomic E-state index is 7.06. The maximum atomic E-state index is 7.06. The number of benzene rings is 9. The first-order chi connectivity index (χ1) is 31.7. The number of hydrogen-bond donors (Lipinski definition) is 0. The maximum Gasteiger partial charge on any atom is 0.160 e. The molecule has 1 aliphatic rings. The number of fused-ring (bicyclic) bond motifs is 13. The SMILES string of the molecule is c1ccc2cc3c(cc2c1)c1ccccc1n3-c1c(C2=N/C(n3c4ccccc4c4ccccc43)CCC/C(c3cccc4oc5ccccc5c34)=N\2)ccc2c1oc1ccccc12. The molecular formula is C58H38N4O2. The summed E-state index contributed by atoms with van der Waals surface area (Å²) in [7, 11) is 0. The zero-order chi connectivity index (χ0) is 41.9. The van der Waals surface area contributed by atoms with E-state index in [0.29, 0.717) is 5.84 Å². The molecule has 1 aliphatic heterocycles. The zero-order valence-corrected chi connectivity index (χ0v) is 34.7. The van der Waals surface area contributed by atoms with E-state index in [1.165, 1.54) is 43.4 Å². The van der Waals surface area contributed by atoms with Gasteiger partial charge in [0.15, 0.2) is 11.4 Å². The van der Waals surface area contributed by atoms with Crippen LogP contribution in [-0.4, -0.2) is 20.7 Å². The predicted molar refractivity (Wildman–Crippen MR) is 265 cm³/mol. The predicted octanol–water partition coefficient (Wildman–Crippen LogP) is 15.5. The summed E-state index contributed by atoms with van der Waals surface area (Å²) in [5.74, 6) is 0.662. The highest BCUT2D eigenvalue weighted by atomic mass is 16.3. The van der Waals surface area contributed by atoms with Crippen LogP contribution >= 0.6 is 0 Å². The van der Waals surface area contributed by atoms with Crippen LogP contribution in [0.15, 0.2) is 207 Å². The van der Waals surface area contributed by atoms with Crippen LogP contribution in [0.1, 0.15) is 36.6 Å². The fraction of sp³-hybridized carbons (Fsp3) is 0.0690. The first-order valence-electron chi connectivity index (χ1n) is 22.2. The molecule has 9 aromatic carbocycles. The van der Waals surface area contributed by atoms with E-state index in [4.69, 9.17) is 18.8 Å². The summed E-state index contributed by atoms with van der Waals surface area (Å²) in [4.78, 5) is 11.7. The average Bonchev–Trinajstić information content (AvgIpc) is 4.09. The fourth-order valence-corrected chi connectivity index (χ4v) is 10.7. The highest BCUT2D eigenvalue weighted by Crippen LogP contribution is 2.43. The number of aliphatic imine (C=N–C) groups is 2. The molecule has 0 saturated heterocycles. The topological polar surface area (TPSA) is 60.9 Å². The van der Waals surface area contributed by atoms with Crippen molar-refractivity contribution < 1.29 is 8.83 Å². The Bertz CT molecular complexity index is 4080. The number of para-hydroxylation sites is 5. The van der Waals surface area contributed by atoms with Gasteiger partial charge in [0.05, 0.1) is 27.8 Å². The molecule has 0 N–H and O–H groups in total. The van der Waals surface area contributed by atoms with Gasteiger partial charge in [-0.15, -0.1) is 0 Å². The lowest BCUT2D eigenvalue weighted by Crippen LogP contribution is -2.17. The second kappa shape index (κ2) is 13.6. The highest BCUT2D eigenvalue weighted by molar-refractivity contribution is 6.24. The fourth-order valence-electron chi connectivity index (χ4n) is 10.7. The molecule has 0 aliphatic carbocycles. The lowest BCUT2D eigenvalue weighted by molar-refractivity contribution is 0.497. The zero-order valence-electron chi connectivity index (χ0n) is 34.7. The highest BCUT2D eigenvalue weighted by Gasteiger charge is 2.28. The Hall–Kier alpha value is -8.22. The quantitative estimate of drug-likeness (QED) is 0.177. The number of rotatable bonds is 4. The van der Waals surface area contributed by atoms with Crippen molar-refractivity contribution in [3.8, 4) is 5.69 Å². The Kier molecular flexibility index (Phi) is 7.54. The summed E-state index contributed by atoms with van der Waals surface area (Å²) in [6.45, 7) is 0. The van der Waals surface area contributed by atoms with Crippen LogP contribution in [0.3, 0.4) is 0 Å². The minimum Gasteiger partial charge on any atom is -0.456 e. The summed E-state index contributed by atoms with van der Waals surface area (Å²) in [6.07, 6.45) is 2.23. The normalized spacial score (nSPS) is 16.7. The number of hydrogen-bond acceptors (Lipinski definition) is 4. The molecule has 1 atom stereocenters. The van der Waals surface area contributed by atoms with Crippen LogP contribution in [0.2, 0.25) is 0 Å². The third-order valence-corrected chi connectivity index (χ3v) is 13.5. The van der Waals surface area contributed by atoms with E-state index in [1.807, 2.05) is 18.2 Å². The Balaban J connectivity index is 1.12. The Morgan fingerprint density at radius 3 is 1.83 bits per heavy atom. The molecule has 64 heavy (non-hydrogen) atoms. The molecule has 0 bridgehead atoms. The molecule has 14 rings (SSSR count). The molecule has 0 radical (unpaired) electrons. The first-order valence-corrected chi connectivity index (χ1v) is 22.2. The van der Waals surface area contributed by atoms with Gasteiger partial charge in [-0.05, 0) is 90.7 Å². The van der Waals surface area contributed by atoms with E-state index in [9.17, 15) is 0 Å². The first kappa shape index (κ1) is 35.4. The smallest absolute Gasteiger partial charge is 0.160 e. The van der Waals surface area contributed by atoms with Crippen molar-refractivity contribution in [1.29, 1.82) is 0 Å². The second-order valence-electron chi connectivity index (χ2n) is 17.1. The molecule has 302 valence electrons. The van der Waals surface area contributed by atoms with E-state index in [-0.39, 0.29) is 6.17 Å². The van der Waals surface area contributed by atoms with Crippen LogP contribution in [0, 0.1) is 0 Å². The van der Waals surface area contributed by atoms with Crippen LogP contribution in [-0.2, 0) is 0 Å². The van der Waals surface area contributed by atoms with Crippen LogP contribution in [0.25, 0.3) is 104 Å². The van der Waals surface area contributed by atoms with Crippen LogP contribution < -0.4 is 0 Å². The van der Waals surface area contributed by atoms with Gasteiger partial charge in [-0.1, -0.05) is 127 Å². The lowest BCUT2D eigenvalue weighted by Gasteiger charge is -2.23. The molecular weight excluding hydrogens is 785 g/mol. The van der Waals surface area contributed by atoms with E-state index in [2.05, 4.69) is 179 Å². The van der Waals surface area contributed by atoms with Gasteiger partial charge in [0.2, 0.25) is 0 Å². The molecule has 0 amide bonds. The minimum absolute atomic E-state index is 0.239. The lowest BCUT2D eigenvalue weighted by atomic mass is 9.97. The minimum atomic E-state index is -0.239. The van der Waals surface area contributed by atoms with Crippen LogP contribution in [0.5, 0.6) is 0 Å². The number of nitrogens with zero attached hydrogens (tertiary/aromatic N) is 4. The molecule has 4 aromatic heterocycles. The van der Waals surface area contributed by atoms with Crippen molar-refractivity contribution in [3.63, 3.8) is 0 Å². The van der Waals surface area contributed by atoms with Crippen molar-refractivity contribution in [2.45, 2.75) is 25.4 Å². The van der Waals surface area contributed by atoms with Crippen molar-refractivity contribution in [2.75, 3.05) is 0 Å². The molecule has 1 unspecified atom stereocenters. The molecule has 0 spiro atoms. The summed E-state index contributed by atoms with van der Waals surface area (Å²) >= 11 is 0. The number of furan rings is 2. The summed E-state index contributed by atoms with van der Waals surface area (Å²) in [5.41, 5.74) is 11.8. The molecule has 5 heterocycles. The molecule has 0 fully saturated rings. The van der Waals surface area contributed by atoms with Gasteiger partial charge < -0.3 is 18.0 Å². The van der Waals surface area contributed by atoms with Crippen molar-refractivity contribution >= 4 is 110 Å². The number of aromatic nitrogens is 2. The molecule has 13 aromatic rings. The van der Waals surface area contributed by atoms with Gasteiger partial charge in [-0.2, -0.15) is 0 Å². The van der Waals surface area contributed by atoms with E-state index in [0.717, 1.165) is 96.7 Å². The Labute approximate surface area is 366 Å². The summed E-state index contributed by atoms with van der Waals surface area (Å²) < 4.78 is 18.4. The van der Waals surface area contributed by atoms with Crippen LogP contribution in [0.4, 0.5) is 0 Å². The van der Waals surface area contributed by atoms with Gasteiger partial charge in [0, 0.05) is 54.2 Å². The van der Waals surface area contributed by atoms with Gasteiger partial charge in [-0.25, -0.2) is 9.98 Å². The summed E-state index contributed by atoms with van der Waals surface area (Å²) in [6, 6.07) is 67.0. The van der Waals surface area contributed by atoms with Crippen molar-refractivity contribution in [3.05, 3.63) is 199 Å². The van der Waals surface area contributed by atoms with Crippen molar-refractivity contribution in [2.24, 2.45) is 9.98 Å². The standard InChI is InChI=1S/C58H38N4O2/c1-2-16-36-34-50-45(33-35(36)15-1)39-19-5-10-26-49(39)62(50)56-44(32-31-41-40-20-6-11-27-51(40)64-57(41)56)58-59-46(42-22-13-29-53-55(42)43-21-7-12-28-52(43)63-53)23-14-30-54(60-58)61-47-24-8-3-17-37(47)38-18-4-9-25-48(38)61/h1-13,15-22,24-29,31-34,54H,14,23,30H2/b59-46+,60-58-. The third-order valence-electron chi connectivity index (χ3n) is 13.5. The van der Waals surface area contributed by atoms with E-state index in [1.54, 1.807) is 0 Å². The van der Waals surface area contributed by atoms with Gasteiger partial charge in [0.1, 0.15) is 28.6 Å². The Morgan fingerprint density at radius 1 is 0.453 bits per heavy atom. The van der Waals surface area contributed by atoms with Gasteiger partial charge in [0.25, 0.3) is 0 Å². The van der Waals surface area contributed by atoms with Gasteiger partial charge in [-0.3, -0.25) is 0 Å².